The summed E-state index contributed by atoms with van der Waals surface area (Å²) in [6.07, 6.45) is 0. The quantitative estimate of drug-likeness (QED) is 0.630. The first kappa shape index (κ1) is 19.6. The van der Waals surface area contributed by atoms with Crippen LogP contribution in [-0.4, -0.2) is 47.0 Å². The van der Waals surface area contributed by atoms with E-state index in [4.69, 9.17) is 15.2 Å². The Kier molecular flexibility index (Phi) is 5.31. The summed E-state index contributed by atoms with van der Waals surface area (Å²) in [4.78, 5) is 36.7. The molecule has 3 rings (SSSR count). The van der Waals surface area contributed by atoms with Crippen LogP contribution in [-0.2, 0) is 9.47 Å². The Morgan fingerprint density at radius 1 is 1.00 bits per heavy atom. The lowest BCUT2D eigenvalue weighted by molar-refractivity contribution is 0.0549. The number of esters is 2. The Morgan fingerprint density at radius 2 is 1.66 bits per heavy atom. The zero-order chi connectivity index (χ0) is 21.1. The number of carbonyl (C=O) groups excluding carboxylic acids is 3. The molecule has 0 unspecified atom stereocenters. The summed E-state index contributed by atoms with van der Waals surface area (Å²) < 4.78 is 10.9. The molecule has 0 saturated heterocycles. The SMILES string of the molecule is COC(=O)c1c(-c2ccc(O)c(C(N)=O)c2)nn(-c2ccccc2)c1C(=O)OC. The number of primary amides is 1. The molecule has 1 heterocycles. The van der Waals surface area contributed by atoms with E-state index in [1.807, 2.05) is 0 Å². The van der Waals surface area contributed by atoms with Gasteiger partial charge in [-0.1, -0.05) is 18.2 Å². The molecule has 0 aliphatic heterocycles. The first-order valence-electron chi connectivity index (χ1n) is 8.37. The average Bonchev–Trinajstić information content (AvgIpc) is 3.14. The second-order valence-corrected chi connectivity index (χ2v) is 5.90. The summed E-state index contributed by atoms with van der Waals surface area (Å²) in [5.41, 5.74) is 5.67. The van der Waals surface area contributed by atoms with E-state index in [1.165, 1.54) is 37.1 Å². The predicted molar refractivity (Wildman–Crippen MR) is 102 cm³/mol. The van der Waals surface area contributed by atoms with Crippen LogP contribution in [0.3, 0.4) is 0 Å². The van der Waals surface area contributed by atoms with Crippen LogP contribution in [0.5, 0.6) is 5.75 Å². The van der Waals surface area contributed by atoms with Gasteiger partial charge in [-0.05, 0) is 30.3 Å². The molecule has 0 bridgehead atoms. The van der Waals surface area contributed by atoms with Crippen molar-refractivity contribution < 1.29 is 29.0 Å². The predicted octanol–water partition coefficient (Wildman–Crippen LogP) is 1.92. The van der Waals surface area contributed by atoms with Crippen LogP contribution in [0.25, 0.3) is 16.9 Å². The fraction of sp³-hybridized carbons (Fsp3) is 0.100. The summed E-state index contributed by atoms with van der Waals surface area (Å²) in [6, 6.07) is 12.6. The number of benzene rings is 2. The Bertz CT molecular complexity index is 1100. The fourth-order valence-electron chi connectivity index (χ4n) is 2.84. The zero-order valence-corrected chi connectivity index (χ0v) is 15.6. The van der Waals surface area contributed by atoms with Crippen LogP contribution < -0.4 is 5.73 Å². The molecule has 0 radical (unpaired) electrons. The Balaban J connectivity index is 2.37. The van der Waals surface area contributed by atoms with Crippen molar-refractivity contribution in [3.8, 4) is 22.7 Å². The Morgan fingerprint density at radius 3 is 2.24 bits per heavy atom. The highest BCUT2D eigenvalue weighted by Gasteiger charge is 2.31. The van der Waals surface area contributed by atoms with Crippen LogP contribution in [0.2, 0.25) is 0 Å². The number of para-hydroxylation sites is 1. The van der Waals surface area contributed by atoms with Gasteiger partial charge < -0.3 is 20.3 Å². The van der Waals surface area contributed by atoms with E-state index in [1.54, 1.807) is 30.3 Å². The van der Waals surface area contributed by atoms with Gasteiger partial charge in [0.2, 0.25) is 0 Å². The van der Waals surface area contributed by atoms with Gasteiger partial charge in [-0.15, -0.1) is 0 Å². The molecule has 29 heavy (non-hydrogen) atoms. The molecule has 0 spiro atoms. The van der Waals surface area contributed by atoms with E-state index in [-0.39, 0.29) is 33.8 Å². The zero-order valence-electron chi connectivity index (χ0n) is 15.6. The average molecular weight is 395 g/mol. The fourth-order valence-corrected chi connectivity index (χ4v) is 2.84. The third kappa shape index (κ3) is 3.53. The molecule has 9 nitrogen and oxygen atoms in total. The lowest BCUT2D eigenvalue weighted by Gasteiger charge is -2.07. The first-order valence-corrected chi connectivity index (χ1v) is 8.37. The molecule has 1 amide bonds. The molecule has 0 aliphatic rings. The van der Waals surface area contributed by atoms with Crippen molar-refractivity contribution >= 4 is 17.8 Å². The molecule has 2 aromatic carbocycles. The number of nitrogens with zero attached hydrogens (tertiary/aromatic N) is 2. The number of aromatic hydroxyl groups is 1. The maximum Gasteiger partial charge on any atom is 0.357 e. The van der Waals surface area contributed by atoms with Gasteiger partial charge in [-0.2, -0.15) is 5.10 Å². The van der Waals surface area contributed by atoms with Gasteiger partial charge >= 0.3 is 11.9 Å². The summed E-state index contributed by atoms with van der Waals surface area (Å²) in [5.74, 6) is -2.81. The minimum absolute atomic E-state index is 0.0589. The lowest BCUT2D eigenvalue weighted by atomic mass is 10.0. The van der Waals surface area contributed by atoms with E-state index in [0.717, 1.165) is 0 Å². The van der Waals surface area contributed by atoms with Crippen molar-refractivity contribution in [1.29, 1.82) is 0 Å². The van der Waals surface area contributed by atoms with E-state index in [9.17, 15) is 19.5 Å². The van der Waals surface area contributed by atoms with Gasteiger partial charge in [-0.3, -0.25) is 4.79 Å². The van der Waals surface area contributed by atoms with Crippen molar-refractivity contribution in [1.82, 2.24) is 9.78 Å². The number of hydrogen-bond acceptors (Lipinski definition) is 7. The largest absolute Gasteiger partial charge is 0.507 e. The molecule has 3 N–H and O–H groups in total. The number of hydrogen-bond donors (Lipinski definition) is 2. The topological polar surface area (TPSA) is 134 Å². The van der Waals surface area contributed by atoms with Gasteiger partial charge in [0.05, 0.1) is 25.5 Å². The van der Waals surface area contributed by atoms with Gasteiger partial charge in [-0.25, -0.2) is 14.3 Å². The minimum Gasteiger partial charge on any atom is -0.507 e. The number of methoxy groups -OCH3 is 2. The lowest BCUT2D eigenvalue weighted by Crippen LogP contribution is -2.15. The molecular formula is C20H17N3O6. The highest BCUT2D eigenvalue weighted by Crippen LogP contribution is 2.31. The van der Waals surface area contributed by atoms with Crippen LogP contribution in [0.1, 0.15) is 31.2 Å². The van der Waals surface area contributed by atoms with E-state index in [0.29, 0.717) is 5.69 Å². The molecule has 0 fully saturated rings. The van der Waals surface area contributed by atoms with Crippen molar-refractivity contribution in [3.63, 3.8) is 0 Å². The monoisotopic (exact) mass is 395 g/mol. The second kappa shape index (κ2) is 7.85. The van der Waals surface area contributed by atoms with Gasteiger partial charge in [0, 0.05) is 5.56 Å². The van der Waals surface area contributed by atoms with Gasteiger partial charge in [0.25, 0.3) is 5.91 Å². The van der Waals surface area contributed by atoms with Crippen LogP contribution >= 0.6 is 0 Å². The maximum absolute atomic E-state index is 12.6. The van der Waals surface area contributed by atoms with Crippen molar-refractivity contribution in [2.45, 2.75) is 0 Å². The summed E-state index contributed by atoms with van der Waals surface area (Å²) in [6.45, 7) is 0. The molecule has 0 atom stereocenters. The highest BCUT2D eigenvalue weighted by molar-refractivity contribution is 6.07. The molecular weight excluding hydrogens is 378 g/mol. The Labute approximate surface area is 165 Å². The third-order valence-corrected chi connectivity index (χ3v) is 4.19. The molecule has 9 heteroatoms. The second-order valence-electron chi connectivity index (χ2n) is 5.90. The molecule has 1 aromatic heterocycles. The molecule has 0 aliphatic carbocycles. The van der Waals surface area contributed by atoms with E-state index >= 15 is 0 Å². The normalized spacial score (nSPS) is 10.4. The number of amides is 1. The number of ether oxygens (including phenoxy) is 2. The van der Waals surface area contributed by atoms with E-state index < -0.39 is 17.8 Å². The molecule has 3 aromatic rings. The van der Waals surface area contributed by atoms with Crippen molar-refractivity contribution in [2.24, 2.45) is 5.73 Å². The Hall–Kier alpha value is -4.14. The third-order valence-electron chi connectivity index (χ3n) is 4.19. The minimum atomic E-state index is -0.861. The van der Waals surface area contributed by atoms with Crippen molar-refractivity contribution in [3.05, 3.63) is 65.4 Å². The smallest absolute Gasteiger partial charge is 0.357 e. The summed E-state index contributed by atoms with van der Waals surface area (Å²) in [5, 5.41) is 14.2. The van der Waals surface area contributed by atoms with Crippen molar-refractivity contribution in [2.75, 3.05) is 14.2 Å². The number of carbonyl (C=O) groups is 3. The standard InChI is InChI=1S/C20H17N3O6/c1-28-19(26)15-16(11-8-9-14(24)13(10-11)18(21)25)22-23(17(15)20(27)29-2)12-6-4-3-5-7-12/h3-10,24H,1-2H3,(H2,21,25). The number of phenols is 1. The highest BCUT2D eigenvalue weighted by atomic mass is 16.5. The summed E-state index contributed by atoms with van der Waals surface area (Å²) >= 11 is 0. The first-order chi connectivity index (χ1) is 13.9. The van der Waals surface area contributed by atoms with Crippen LogP contribution in [0.4, 0.5) is 0 Å². The van der Waals surface area contributed by atoms with Gasteiger partial charge in [0.1, 0.15) is 17.0 Å². The number of rotatable bonds is 5. The van der Waals surface area contributed by atoms with Gasteiger partial charge in [0.15, 0.2) is 5.69 Å². The summed E-state index contributed by atoms with van der Waals surface area (Å²) in [7, 11) is 2.34. The van der Waals surface area contributed by atoms with Crippen LogP contribution in [0.15, 0.2) is 48.5 Å². The number of aromatic nitrogens is 2. The molecule has 148 valence electrons. The number of nitrogens with two attached hydrogens (primary N) is 1. The van der Waals surface area contributed by atoms with E-state index in [2.05, 4.69) is 5.10 Å². The molecule has 0 saturated carbocycles. The van der Waals surface area contributed by atoms with Crippen LogP contribution in [0, 0.1) is 0 Å². The maximum atomic E-state index is 12.6.